The molecule has 2 heterocycles. The Hall–Kier alpha value is -1.55. The van der Waals surface area contributed by atoms with Crippen molar-refractivity contribution in [2.75, 3.05) is 26.2 Å². The number of likely N-dealkylation sites (tertiary alicyclic amines) is 1. The van der Waals surface area contributed by atoms with Gasteiger partial charge in [0, 0.05) is 36.7 Å². The molecule has 2 atom stereocenters. The van der Waals surface area contributed by atoms with Crippen molar-refractivity contribution in [3.05, 3.63) is 29.8 Å². The number of fused-ring (bicyclic) bond motifs is 1. The minimum Gasteiger partial charge on any atom is -0.493 e. The number of para-hydroxylation sites is 1. The zero-order valence-corrected chi connectivity index (χ0v) is 16.5. The number of unbranched alkanes of at least 4 members (excludes halogenated alkanes) is 4. The lowest BCUT2D eigenvalue weighted by Gasteiger charge is -2.33. The molecule has 0 aliphatic carbocycles. The second kappa shape index (κ2) is 9.96. The van der Waals surface area contributed by atoms with E-state index in [-0.39, 0.29) is 6.04 Å². The first-order valence-electron chi connectivity index (χ1n) is 10.6. The molecular formula is C22H35N3O. The molecule has 2 unspecified atom stereocenters. The fourth-order valence-electron chi connectivity index (χ4n) is 4.17. The van der Waals surface area contributed by atoms with E-state index in [1.54, 1.807) is 0 Å². The third-order valence-corrected chi connectivity index (χ3v) is 5.62. The Morgan fingerprint density at radius 3 is 2.81 bits per heavy atom. The van der Waals surface area contributed by atoms with Crippen LogP contribution in [0.25, 0.3) is 0 Å². The zero-order chi connectivity index (χ0) is 18.2. The summed E-state index contributed by atoms with van der Waals surface area (Å²) in [5, 5.41) is 4.67. The van der Waals surface area contributed by atoms with Crippen LogP contribution in [0.1, 0.15) is 70.4 Å². The third kappa shape index (κ3) is 4.79. The minimum absolute atomic E-state index is 0.251. The summed E-state index contributed by atoms with van der Waals surface area (Å²) in [6.07, 6.45) is 8.65. The van der Waals surface area contributed by atoms with Crippen LogP contribution in [-0.4, -0.2) is 36.9 Å². The number of benzene rings is 1. The first-order valence-corrected chi connectivity index (χ1v) is 10.6. The molecule has 0 spiro atoms. The van der Waals surface area contributed by atoms with Gasteiger partial charge in [0.25, 0.3) is 0 Å². The molecule has 1 fully saturated rings. The van der Waals surface area contributed by atoms with Gasteiger partial charge >= 0.3 is 0 Å². The number of nitrogens with one attached hydrogen (secondary N) is 1. The highest BCUT2D eigenvalue weighted by Gasteiger charge is 2.37. The molecule has 4 nitrogen and oxygen atoms in total. The van der Waals surface area contributed by atoms with E-state index in [1.807, 2.05) is 0 Å². The molecule has 0 aromatic heterocycles. The summed E-state index contributed by atoms with van der Waals surface area (Å²) in [6, 6.07) is 8.78. The Bertz CT molecular complexity index is 587. The maximum absolute atomic E-state index is 6.18. The summed E-state index contributed by atoms with van der Waals surface area (Å²) in [4.78, 5) is 2.58. The summed E-state index contributed by atoms with van der Waals surface area (Å²) in [6.45, 7) is 8.77. The van der Waals surface area contributed by atoms with Crippen LogP contribution in [0.2, 0.25) is 0 Å². The monoisotopic (exact) mass is 357 g/mol. The number of ether oxygens (including phenoxy) is 1. The largest absolute Gasteiger partial charge is 0.493 e. The van der Waals surface area contributed by atoms with E-state index >= 15 is 0 Å². The summed E-state index contributed by atoms with van der Waals surface area (Å²) < 4.78 is 6.18. The van der Waals surface area contributed by atoms with Gasteiger partial charge in [0.05, 0.1) is 12.6 Å². The molecule has 1 N–H and O–H groups in total. The van der Waals surface area contributed by atoms with Gasteiger partial charge in [-0.2, -0.15) is 5.10 Å². The third-order valence-electron chi connectivity index (χ3n) is 5.62. The maximum atomic E-state index is 6.18. The van der Waals surface area contributed by atoms with E-state index in [2.05, 4.69) is 53.5 Å². The van der Waals surface area contributed by atoms with E-state index in [1.165, 1.54) is 49.9 Å². The van der Waals surface area contributed by atoms with Crippen LogP contribution in [0.15, 0.2) is 29.4 Å². The fraction of sp³-hybridized carbons (Fsp3) is 0.682. The van der Waals surface area contributed by atoms with E-state index in [0.29, 0.717) is 5.92 Å². The Morgan fingerprint density at radius 1 is 1.12 bits per heavy atom. The molecule has 1 saturated heterocycles. The van der Waals surface area contributed by atoms with Gasteiger partial charge in [-0.05, 0) is 25.5 Å². The van der Waals surface area contributed by atoms with Crippen LogP contribution in [-0.2, 0) is 0 Å². The maximum Gasteiger partial charge on any atom is 0.124 e. The van der Waals surface area contributed by atoms with Crippen LogP contribution in [0.5, 0.6) is 5.75 Å². The van der Waals surface area contributed by atoms with Crippen molar-refractivity contribution < 1.29 is 4.74 Å². The van der Waals surface area contributed by atoms with Crippen molar-refractivity contribution in [1.82, 2.24) is 10.3 Å². The number of nitrogens with zero attached hydrogens (tertiary/aromatic N) is 2. The molecule has 0 radical (unpaired) electrons. The minimum atomic E-state index is 0.251. The molecule has 3 rings (SSSR count). The van der Waals surface area contributed by atoms with Crippen LogP contribution < -0.4 is 10.2 Å². The molecule has 1 aromatic rings. The lowest BCUT2D eigenvalue weighted by Crippen LogP contribution is -2.42. The first-order chi connectivity index (χ1) is 12.8. The van der Waals surface area contributed by atoms with Gasteiger partial charge in [-0.15, -0.1) is 0 Å². The second-order valence-electron chi connectivity index (χ2n) is 7.67. The van der Waals surface area contributed by atoms with Gasteiger partial charge in [-0.25, -0.2) is 0 Å². The smallest absolute Gasteiger partial charge is 0.124 e. The molecule has 4 heteroatoms. The van der Waals surface area contributed by atoms with Crippen LogP contribution in [0.4, 0.5) is 0 Å². The van der Waals surface area contributed by atoms with Gasteiger partial charge in [0.2, 0.25) is 0 Å². The lowest BCUT2D eigenvalue weighted by atomic mass is 9.86. The van der Waals surface area contributed by atoms with Gasteiger partial charge in [-0.1, -0.05) is 57.7 Å². The van der Waals surface area contributed by atoms with Crippen LogP contribution in [0.3, 0.4) is 0 Å². The van der Waals surface area contributed by atoms with Gasteiger partial charge < -0.3 is 15.1 Å². The van der Waals surface area contributed by atoms with Crippen molar-refractivity contribution in [2.24, 2.45) is 11.0 Å². The Labute approximate surface area is 159 Å². The summed E-state index contributed by atoms with van der Waals surface area (Å²) in [7, 11) is 0. The highest BCUT2D eigenvalue weighted by Crippen LogP contribution is 2.36. The quantitative estimate of drug-likeness (QED) is 0.613. The fourth-order valence-corrected chi connectivity index (χ4v) is 4.17. The van der Waals surface area contributed by atoms with Gasteiger partial charge in [-0.3, -0.25) is 0 Å². The SMILES string of the molecule is CCCCCCCOc1ccccc1C1NN=C2CCN(CCC)CC21. The van der Waals surface area contributed by atoms with Crippen LogP contribution in [0, 0.1) is 5.92 Å². The van der Waals surface area contributed by atoms with Crippen molar-refractivity contribution in [3.8, 4) is 5.75 Å². The van der Waals surface area contributed by atoms with Crippen molar-refractivity contribution in [3.63, 3.8) is 0 Å². The predicted octanol–water partition coefficient (Wildman–Crippen LogP) is 4.77. The topological polar surface area (TPSA) is 36.9 Å². The molecular weight excluding hydrogens is 322 g/mol. The molecule has 0 saturated carbocycles. The highest BCUT2D eigenvalue weighted by molar-refractivity contribution is 5.90. The number of hydrogen-bond donors (Lipinski definition) is 1. The van der Waals surface area contributed by atoms with Crippen molar-refractivity contribution >= 4 is 5.71 Å². The number of piperidine rings is 1. The van der Waals surface area contributed by atoms with E-state index in [0.717, 1.165) is 38.3 Å². The van der Waals surface area contributed by atoms with E-state index in [9.17, 15) is 0 Å². The molecule has 26 heavy (non-hydrogen) atoms. The Morgan fingerprint density at radius 2 is 1.96 bits per heavy atom. The van der Waals surface area contributed by atoms with Crippen molar-refractivity contribution in [2.45, 2.75) is 64.8 Å². The van der Waals surface area contributed by atoms with E-state index < -0.39 is 0 Å². The summed E-state index contributed by atoms with van der Waals surface area (Å²) >= 11 is 0. The average Bonchev–Trinajstić information content (AvgIpc) is 3.08. The van der Waals surface area contributed by atoms with E-state index in [4.69, 9.17) is 4.74 Å². The molecule has 2 aliphatic heterocycles. The van der Waals surface area contributed by atoms with Gasteiger partial charge in [0.15, 0.2) is 0 Å². The molecule has 0 amide bonds. The standard InChI is InChI=1S/C22H35N3O/c1-3-5-6-7-10-16-26-21-12-9-8-11-18(21)22-19-17-25(14-4-2)15-13-20(19)23-24-22/h8-9,11-12,19,22,24H,3-7,10,13-17H2,1-2H3. The summed E-state index contributed by atoms with van der Waals surface area (Å²) in [5.74, 6) is 1.51. The zero-order valence-electron chi connectivity index (χ0n) is 16.5. The molecule has 0 bridgehead atoms. The second-order valence-corrected chi connectivity index (χ2v) is 7.67. The number of hydrazone groups is 1. The van der Waals surface area contributed by atoms with Crippen molar-refractivity contribution in [1.29, 1.82) is 0 Å². The Balaban J connectivity index is 1.60. The summed E-state index contributed by atoms with van der Waals surface area (Å²) in [5.41, 5.74) is 6.03. The number of rotatable bonds is 10. The number of hydrogen-bond acceptors (Lipinski definition) is 4. The van der Waals surface area contributed by atoms with Gasteiger partial charge in [0.1, 0.15) is 5.75 Å². The normalized spacial score (nSPS) is 22.6. The Kier molecular flexibility index (Phi) is 7.36. The highest BCUT2D eigenvalue weighted by atomic mass is 16.5. The van der Waals surface area contributed by atoms with Crippen LogP contribution >= 0.6 is 0 Å². The first kappa shape index (κ1) is 19.2. The lowest BCUT2D eigenvalue weighted by molar-refractivity contribution is 0.225. The average molecular weight is 358 g/mol. The molecule has 144 valence electrons. The molecule has 2 aliphatic rings. The molecule has 1 aromatic carbocycles. The predicted molar refractivity (Wildman–Crippen MR) is 109 cm³/mol.